The molecule has 2 heterocycles. The Hall–Kier alpha value is -5.48. The molecule has 0 N–H and O–H groups in total. The number of benzene rings is 5. The maximum Gasteiger partial charge on any atom is 0.200 e. The van der Waals surface area contributed by atoms with Crippen LogP contribution in [0, 0.1) is 0 Å². The summed E-state index contributed by atoms with van der Waals surface area (Å²) in [5.74, 6) is 0.446. The molecule has 0 aliphatic rings. The Kier molecular flexibility index (Phi) is 6.14. The van der Waals surface area contributed by atoms with Crippen molar-refractivity contribution in [2.45, 2.75) is 6.42 Å². The van der Waals surface area contributed by atoms with E-state index in [1.165, 1.54) is 6.26 Å². The molecule has 7 rings (SSSR count). The first kappa shape index (κ1) is 24.6. The van der Waals surface area contributed by atoms with Crippen LogP contribution in [0.4, 0.5) is 0 Å². The number of hydrogen-bond acceptors (Lipinski definition) is 4. The number of hydrogen-bond donors (Lipinski definition) is 0. The number of ketones is 1. The molecular formula is C37H24O4. The smallest absolute Gasteiger partial charge is 0.200 e. The summed E-state index contributed by atoms with van der Waals surface area (Å²) < 4.78 is 12.8. The highest BCUT2D eigenvalue weighted by Gasteiger charge is 2.27. The van der Waals surface area contributed by atoms with Crippen LogP contribution in [-0.4, -0.2) is 5.78 Å². The van der Waals surface area contributed by atoms with Crippen molar-refractivity contribution < 1.29 is 13.6 Å². The van der Waals surface area contributed by atoms with Crippen molar-refractivity contribution in [2.24, 2.45) is 0 Å². The quantitative estimate of drug-likeness (QED) is 0.201. The van der Waals surface area contributed by atoms with Gasteiger partial charge in [-0.25, -0.2) is 0 Å². The van der Waals surface area contributed by atoms with Crippen molar-refractivity contribution in [3.8, 4) is 33.6 Å². The Morgan fingerprint density at radius 3 is 1.80 bits per heavy atom. The second-order valence-electron chi connectivity index (χ2n) is 9.97. The van der Waals surface area contributed by atoms with Gasteiger partial charge in [-0.05, 0) is 22.8 Å². The summed E-state index contributed by atoms with van der Waals surface area (Å²) in [5, 5.41) is 1.03. The first-order chi connectivity index (χ1) is 20.2. The van der Waals surface area contributed by atoms with Gasteiger partial charge in [0.25, 0.3) is 0 Å². The van der Waals surface area contributed by atoms with E-state index in [2.05, 4.69) is 0 Å². The Balaban J connectivity index is 1.59. The third-order valence-electron chi connectivity index (χ3n) is 7.39. The number of rotatable bonds is 6. The van der Waals surface area contributed by atoms with Crippen molar-refractivity contribution >= 4 is 27.7 Å². The minimum Gasteiger partial charge on any atom is -0.463 e. The fourth-order valence-corrected chi connectivity index (χ4v) is 5.45. The molecule has 7 aromatic rings. The number of furan rings is 1. The van der Waals surface area contributed by atoms with Gasteiger partial charge in [0.15, 0.2) is 11.4 Å². The van der Waals surface area contributed by atoms with Crippen LogP contribution in [0.2, 0.25) is 0 Å². The topological polar surface area (TPSA) is 60.4 Å². The van der Waals surface area contributed by atoms with Gasteiger partial charge >= 0.3 is 0 Å². The van der Waals surface area contributed by atoms with Gasteiger partial charge in [-0.1, -0.05) is 121 Å². The fourth-order valence-electron chi connectivity index (χ4n) is 5.45. The molecular weight excluding hydrogens is 508 g/mol. The average molecular weight is 533 g/mol. The molecule has 196 valence electrons. The van der Waals surface area contributed by atoms with Crippen LogP contribution in [0.5, 0.6) is 0 Å². The monoisotopic (exact) mass is 532 g/mol. The van der Waals surface area contributed by atoms with Crippen molar-refractivity contribution in [3.63, 3.8) is 0 Å². The van der Waals surface area contributed by atoms with Crippen molar-refractivity contribution in [1.82, 2.24) is 0 Å². The zero-order valence-electron chi connectivity index (χ0n) is 22.0. The molecule has 5 aromatic carbocycles. The van der Waals surface area contributed by atoms with Gasteiger partial charge < -0.3 is 8.83 Å². The molecule has 0 radical (unpaired) electrons. The summed E-state index contributed by atoms with van der Waals surface area (Å²) in [5.41, 5.74) is 5.39. The van der Waals surface area contributed by atoms with E-state index in [0.717, 1.165) is 27.8 Å². The van der Waals surface area contributed by atoms with Gasteiger partial charge in [0, 0.05) is 22.9 Å². The van der Waals surface area contributed by atoms with Crippen molar-refractivity contribution in [2.75, 3.05) is 0 Å². The molecule has 0 saturated heterocycles. The predicted molar refractivity (Wildman–Crippen MR) is 163 cm³/mol. The summed E-state index contributed by atoms with van der Waals surface area (Å²) in [6.45, 7) is 0. The van der Waals surface area contributed by atoms with E-state index in [0.29, 0.717) is 27.7 Å². The SMILES string of the molecule is O=C(Cc1ccccc1)c1c2oc(-c3ccccc3)c(-c3ccccc3)c2cc2c(=O)c(-c3ccccc3)coc12. The number of fused-ring (bicyclic) bond motifs is 2. The lowest BCUT2D eigenvalue weighted by Gasteiger charge is -2.09. The minimum atomic E-state index is -0.199. The van der Waals surface area contributed by atoms with Crippen LogP contribution >= 0.6 is 0 Å². The maximum absolute atomic E-state index is 14.1. The van der Waals surface area contributed by atoms with Crippen LogP contribution in [0.25, 0.3) is 55.5 Å². The number of Topliss-reactive ketones (excluding diaryl/α,β-unsaturated/α-hetero) is 1. The summed E-state index contributed by atoms with van der Waals surface area (Å²) in [4.78, 5) is 28.1. The van der Waals surface area contributed by atoms with E-state index in [4.69, 9.17) is 8.83 Å². The normalized spacial score (nSPS) is 11.2. The third kappa shape index (κ3) is 4.36. The van der Waals surface area contributed by atoms with E-state index in [-0.39, 0.29) is 28.8 Å². The second kappa shape index (κ2) is 10.2. The van der Waals surface area contributed by atoms with Gasteiger partial charge in [0.05, 0.1) is 10.9 Å². The van der Waals surface area contributed by atoms with Gasteiger partial charge in [0.2, 0.25) is 5.43 Å². The molecule has 41 heavy (non-hydrogen) atoms. The minimum absolute atomic E-state index is 0.140. The molecule has 0 atom stereocenters. The van der Waals surface area contributed by atoms with Gasteiger partial charge in [-0.3, -0.25) is 9.59 Å². The molecule has 0 aliphatic carbocycles. The summed E-state index contributed by atoms with van der Waals surface area (Å²) in [7, 11) is 0. The Labute approximate surface area is 236 Å². The highest BCUT2D eigenvalue weighted by Crippen LogP contribution is 2.44. The highest BCUT2D eigenvalue weighted by atomic mass is 16.3. The molecule has 2 aromatic heterocycles. The van der Waals surface area contributed by atoms with E-state index < -0.39 is 0 Å². The lowest BCUT2D eigenvalue weighted by atomic mass is 9.93. The Morgan fingerprint density at radius 2 is 1.17 bits per heavy atom. The first-order valence-electron chi connectivity index (χ1n) is 13.5. The first-order valence-corrected chi connectivity index (χ1v) is 13.5. The van der Waals surface area contributed by atoms with E-state index in [9.17, 15) is 9.59 Å². The third-order valence-corrected chi connectivity index (χ3v) is 7.39. The second-order valence-corrected chi connectivity index (χ2v) is 9.97. The Bertz CT molecular complexity index is 2070. The van der Waals surface area contributed by atoms with Gasteiger partial charge in [-0.2, -0.15) is 0 Å². The predicted octanol–water partition coefficient (Wildman–Crippen LogP) is 8.97. The molecule has 4 nitrogen and oxygen atoms in total. The molecule has 4 heteroatoms. The van der Waals surface area contributed by atoms with Crippen LogP contribution in [0.3, 0.4) is 0 Å². The van der Waals surface area contributed by atoms with E-state index in [1.807, 2.05) is 127 Å². The Morgan fingerprint density at radius 1 is 0.610 bits per heavy atom. The van der Waals surface area contributed by atoms with E-state index in [1.54, 1.807) is 0 Å². The zero-order valence-corrected chi connectivity index (χ0v) is 22.0. The lowest BCUT2D eigenvalue weighted by Crippen LogP contribution is -2.10. The molecule has 0 saturated carbocycles. The lowest BCUT2D eigenvalue weighted by molar-refractivity contribution is 0.0994. The highest BCUT2D eigenvalue weighted by molar-refractivity contribution is 6.20. The molecule has 0 fully saturated rings. The number of carbonyl (C=O) groups is 1. The largest absolute Gasteiger partial charge is 0.463 e. The molecule has 0 bridgehead atoms. The fraction of sp³-hybridized carbons (Fsp3) is 0.0270. The molecule has 0 aliphatic heterocycles. The van der Waals surface area contributed by atoms with Crippen LogP contribution in [0.15, 0.2) is 147 Å². The summed E-state index contributed by atoms with van der Waals surface area (Å²) in [6, 6.07) is 40.5. The van der Waals surface area contributed by atoms with Gasteiger partial charge in [0.1, 0.15) is 23.2 Å². The molecule has 0 spiro atoms. The van der Waals surface area contributed by atoms with Gasteiger partial charge in [-0.15, -0.1) is 0 Å². The maximum atomic E-state index is 14.1. The van der Waals surface area contributed by atoms with Crippen molar-refractivity contribution in [3.05, 3.63) is 155 Å². The average Bonchev–Trinajstić information content (AvgIpc) is 3.41. The van der Waals surface area contributed by atoms with Crippen molar-refractivity contribution in [1.29, 1.82) is 0 Å². The number of carbonyl (C=O) groups excluding carboxylic acids is 1. The molecule has 0 amide bonds. The van der Waals surface area contributed by atoms with Crippen LogP contribution < -0.4 is 5.43 Å². The standard InChI is InChI=1S/C37H24O4/c38-31(21-24-13-5-1-6-14-24)33-36-29(34(39)30(23-40-36)25-15-7-2-8-16-25)22-28-32(26-17-9-3-10-18-26)35(41-37(28)33)27-19-11-4-12-20-27/h1-20,22-23H,21H2. The van der Waals surface area contributed by atoms with E-state index >= 15 is 0 Å². The summed E-state index contributed by atoms with van der Waals surface area (Å²) >= 11 is 0. The zero-order chi connectivity index (χ0) is 27.8. The van der Waals surface area contributed by atoms with Crippen LogP contribution in [0.1, 0.15) is 15.9 Å². The molecule has 0 unspecified atom stereocenters. The van der Waals surface area contributed by atoms with Crippen LogP contribution in [-0.2, 0) is 6.42 Å². The summed E-state index contributed by atoms with van der Waals surface area (Å²) in [6.07, 6.45) is 1.59.